The molecular formula is C18H18N2O2. The van der Waals surface area contributed by atoms with Crippen molar-refractivity contribution >= 4 is 11.6 Å². The number of hydrogen-bond acceptors (Lipinski definition) is 3. The fraction of sp³-hybridized carbons (Fsp3) is 0.167. The number of carbonyl (C=O) groups is 1. The number of nitrogens with one attached hydrogen (secondary N) is 2. The first-order valence-electron chi connectivity index (χ1n) is 7.29. The summed E-state index contributed by atoms with van der Waals surface area (Å²) >= 11 is 0. The van der Waals surface area contributed by atoms with Crippen molar-refractivity contribution in [1.82, 2.24) is 5.32 Å². The molecule has 1 aliphatic heterocycles. The fourth-order valence-electron chi connectivity index (χ4n) is 2.42. The van der Waals surface area contributed by atoms with E-state index in [4.69, 9.17) is 4.74 Å². The van der Waals surface area contributed by atoms with Crippen molar-refractivity contribution in [3.05, 3.63) is 66.9 Å². The van der Waals surface area contributed by atoms with Gasteiger partial charge >= 0.3 is 0 Å². The summed E-state index contributed by atoms with van der Waals surface area (Å²) in [4.78, 5) is 11.4. The number of benzene rings is 2. The summed E-state index contributed by atoms with van der Waals surface area (Å²) in [6.45, 7) is 3.92. The number of anilines is 1. The highest BCUT2D eigenvalue weighted by molar-refractivity contribution is 5.79. The Kier molecular flexibility index (Phi) is 4.10. The molecule has 2 N–H and O–H groups in total. The van der Waals surface area contributed by atoms with E-state index < -0.39 is 0 Å². The monoisotopic (exact) mass is 294 g/mol. The van der Waals surface area contributed by atoms with Gasteiger partial charge in [-0.1, -0.05) is 36.9 Å². The van der Waals surface area contributed by atoms with Gasteiger partial charge in [0.1, 0.15) is 5.75 Å². The second-order valence-corrected chi connectivity index (χ2v) is 5.22. The van der Waals surface area contributed by atoms with E-state index in [1.807, 2.05) is 54.6 Å². The molecule has 1 saturated heterocycles. The van der Waals surface area contributed by atoms with Crippen LogP contribution in [0, 0.1) is 0 Å². The third-order valence-corrected chi connectivity index (χ3v) is 3.57. The lowest BCUT2D eigenvalue weighted by molar-refractivity contribution is -0.121. The maximum atomic E-state index is 11.4. The van der Waals surface area contributed by atoms with Gasteiger partial charge in [-0.05, 0) is 30.7 Å². The number of carbonyl (C=O) groups excluding carboxylic acids is 1. The molecule has 0 saturated carbocycles. The zero-order valence-electron chi connectivity index (χ0n) is 12.2. The third-order valence-electron chi connectivity index (χ3n) is 3.57. The van der Waals surface area contributed by atoms with Gasteiger partial charge in [-0.15, -0.1) is 0 Å². The second-order valence-electron chi connectivity index (χ2n) is 5.22. The van der Waals surface area contributed by atoms with Gasteiger partial charge in [-0.25, -0.2) is 0 Å². The van der Waals surface area contributed by atoms with Crippen LogP contribution in [0.5, 0.6) is 11.5 Å². The number of rotatable bonds is 4. The molecule has 0 spiro atoms. The molecule has 1 atom stereocenters. The maximum absolute atomic E-state index is 11.4. The van der Waals surface area contributed by atoms with Gasteiger partial charge in [0.25, 0.3) is 0 Å². The van der Waals surface area contributed by atoms with Crippen LogP contribution < -0.4 is 15.4 Å². The van der Waals surface area contributed by atoms with Crippen molar-refractivity contribution in [3.63, 3.8) is 0 Å². The van der Waals surface area contributed by atoms with Gasteiger partial charge in [0.2, 0.25) is 5.91 Å². The molecule has 1 aliphatic rings. The highest BCUT2D eigenvalue weighted by Gasteiger charge is 2.22. The Morgan fingerprint density at radius 1 is 1.09 bits per heavy atom. The number of amides is 1. The smallest absolute Gasteiger partial charge is 0.224 e. The number of piperidine rings is 1. The minimum absolute atomic E-state index is 0.0122. The molecule has 0 aliphatic carbocycles. The van der Waals surface area contributed by atoms with E-state index in [1.165, 1.54) is 0 Å². The summed E-state index contributed by atoms with van der Waals surface area (Å²) in [6, 6.07) is 17.4. The second kappa shape index (κ2) is 6.35. The maximum Gasteiger partial charge on any atom is 0.224 e. The van der Waals surface area contributed by atoms with Gasteiger partial charge in [-0.3, -0.25) is 4.79 Å². The fourth-order valence-corrected chi connectivity index (χ4v) is 2.42. The first kappa shape index (κ1) is 14.2. The Hall–Kier alpha value is -2.75. The van der Waals surface area contributed by atoms with Crippen molar-refractivity contribution in [1.29, 1.82) is 0 Å². The van der Waals surface area contributed by atoms with Gasteiger partial charge in [0.05, 0.1) is 11.7 Å². The molecule has 112 valence electrons. The van der Waals surface area contributed by atoms with E-state index in [2.05, 4.69) is 17.2 Å². The SMILES string of the molecule is C=C1NC(=O)CCC1Nc1ccccc1Oc1ccccc1. The molecule has 4 nitrogen and oxygen atoms in total. The van der Waals surface area contributed by atoms with Crippen molar-refractivity contribution in [3.8, 4) is 11.5 Å². The van der Waals surface area contributed by atoms with Crippen LogP contribution in [0.3, 0.4) is 0 Å². The molecule has 1 unspecified atom stereocenters. The molecular weight excluding hydrogens is 276 g/mol. The summed E-state index contributed by atoms with van der Waals surface area (Å²) in [5.41, 5.74) is 1.58. The van der Waals surface area contributed by atoms with Crippen LogP contribution >= 0.6 is 0 Å². The largest absolute Gasteiger partial charge is 0.455 e. The molecule has 0 aromatic heterocycles. The third kappa shape index (κ3) is 3.28. The van der Waals surface area contributed by atoms with E-state index in [9.17, 15) is 4.79 Å². The van der Waals surface area contributed by atoms with E-state index in [0.717, 1.165) is 23.6 Å². The lowest BCUT2D eigenvalue weighted by Gasteiger charge is -2.27. The van der Waals surface area contributed by atoms with Crippen LogP contribution in [0.15, 0.2) is 66.9 Å². The Labute approximate surface area is 129 Å². The summed E-state index contributed by atoms with van der Waals surface area (Å²) in [6.07, 6.45) is 1.22. The van der Waals surface area contributed by atoms with E-state index in [-0.39, 0.29) is 11.9 Å². The molecule has 0 radical (unpaired) electrons. The summed E-state index contributed by atoms with van der Waals surface area (Å²) in [7, 11) is 0. The van der Waals surface area contributed by atoms with Crippen LogP contribution in [0.2, 0.25) is 0 Å². The predicted molar refractivity (Wildman–Crippen MR) is 86.9 cm³/mol. The van der Waals surface area contributed by atoms with Crippen LogP contribution in [0.4, 0.5) is 5.69 Å². The van der Waals surface area contributed by atoms with Gasteiger partial charge in [-0.2, -0.15) is 0 Å². The molecule has 4 heteroatoms. The van der Waals surface area contributed by atoms with E-state index >= 15 is 0 Å². The van der Waals surface area contributed by atoms with Crippen LogP contribution in [0.1, 0.15) is 12.8 Å². The topological polar surface area (TPSA) is 50.4 Å². The Balaban J connectivity index is 1.77. The Morgan fingerprint density at radius 2 is 1.82 bits per heavy atom. The molecule has 0 bridgehead atoms. The number of ether oxygens (including phenoxy) is 1. The summed E-state index contributed by atoms with van der Waals surface area (Å²) < 4.78 is 5.93. The van der Waals surface area contributed by atoms with Crippen molar-refractivity contribution in [2.45, 2.75) is 18.9 Å². The average molecular weight is 294 g/mol. The minimum Gasteiger partial charge on any atom is -0.455 e. The predicted octanol–water partition coefficient (Wildman–Crippen LogP) is 3.68. The molecule has 2 aromatic carbocycles. The van der Waals surface area contributed by atoms with Crippen LogP contribution in [-0.2, 0) is 4.79 Å². The highest BCUT2D eigenvalue weighted by Crippen LogP contribution is 2.31. The Morgan fingerprint density at radius 3 is 2.59 bits per heavy atom. The van der Waals surface area contributed by atoms with E-state index in [0.29, 0.717) is 12.1 Å². The molecule has 22 heavy (non-hydrogen) atoms. The van der Waals surface area contributed by atoms with Gasteiger partial charge in [0.15, 0.2) is 5.75 Å². The molecule has 1 heterocycles. The molecule has 1 amide bonds. The van der Waals surface area contributed by atoms with Gasteiger partial charge in [0, 0.05) is 12.1 Å². The number of hydrogen-bond donors (Lipinski definition) is 2. The van der Waals surface area contributed by atoms with Crippen molar-refractivity contribution < 1.29 is 9.53 Å². The average Bonchev–Trinajstić information content (AvgIpc) is 2.53. The Bertz CT molecular complexity index is 682. The molecule has 1 fully saturated rings. The first-order chi connectivity index (χ1) is 10.7. The number of para-hydroxylation sites is 3. The zero-order chi connectivity index (χ0) is 15.4. The molecule has 3 rings (SSSR count). The van der Waals surface area contributed by atoms with Crippen LogP contribution in [-0.4, -0.2) is 11.9 Å². The van der Waals surface area contributed by atoms with Crippen LogP contribution in [0.25, 0.3) is 0 Å². The van der Waals surface area contributed by atoms with E-state index in [1.54, 1.807) is 0 Å². The van der Waals surface area contributed by atoms with Crippen molar-refractivity contribution in [2.24, 2.45) is 0 Å². The van der Waals surface area contributed by atoms with Crippen molar-refractivity contribution in [2.75, 3.05) is 5.32 Å². The summed E-state index contributed by atoms with van der Waals surface area (Å²) in [5, 5.41) is 6.18. The zero-order valence-corrected chi connectivity index (χ0v) is 12.2. The summed E-state index contributed by atoms with van der Waals surface area (Å²) in [5.74, 6) is 1.56. The normalized spacial score (nSPS) is 17.7. The standard InChI is InChI=1S/C18H18N2O2/c1-13-15(11-12-18(21)19-13)20-16-9-5-6-10-17(16)22-14-7-3-2-4-8-14/h2-10,15,20H,1,11-12H2,(H,19,21). The first-order valence-corrected chi connectivity index (χ1v) is 7.29. The quantitative estimate of drug-likeness (QED) is 0.904. The molecule has 2 aromatic rings. The lowest BCUT2D eigenvalue weighted by Crippen LogP contribution is -2.39. The lowest BCUT2D eigenvalue weighted by atomic mass is 10.0. The van der Waals surface area contributed by atoms with Gasteiger partial charge < -0.3 is 15.4 Å². The minimum atomic E-state index is 0.0122. The highest BCUT2D eigenvalue weighted by atomic mass is 16.5.